The number of nitrogens with one attached hydrogen (secondary N) is 1. The second-order valence-corrected chi connectivity index (χ2v) is 16.0. The maximum atomic E-state index is 15.4. The number of aryl methyl sites for hydroxylation is 1. The molecule has 3 fully saturated rings. The van der Waals surface area contributed by atoms with Crippen LogP contribution < -0.4 is 15.1 Å². The Hall–Kier alpha value is -6.44. The number of aromatic nitrogens is 7. The van der Waals surface area contributed by atoms with Crippen LogP contribution in [0.5, 0.6) is 0 Å². The lowest BCUT2D eigenvalue weighted by Crippen LogP contribution is -2.72. The lowest BCUT2D eigenvalue weighted by molar-refractivity contribution is -0.142. The molecule has 4 aliphatic heterocycles. The number of likely N-dealkylation sites (N-methyl/N-ethyl adjacent to an activating group) is 1. The van der Waals surface area contributed by atoms with Crippen LogP contribution in [0.2, 0.25) is 0 Å². The Morgan fingerprint density at radius 2 is 1.74 bits per heavy atom. The number of likely N-dealkylation sites (tertiary alicyclic amines) is 1. The smallest absolute Gasteiger partial charge is 0.255 e. The van der Waals surface area contributed by atoms with Crippen LogP contribution in [0.15, 0.2) is 54.7 Å². The molecule has 5 atom stereocenters. The van der Waals surface area contributed by atoms with Crippen LogP contribution in [0, 0.1) is 24.4 Å². The summed E-state index contributed by atoms with van der Waals surface area (Å²) in [4.78, 5) is 53.8. The first-order valence-electron chi connectivity index (χ1n) is 19.9. The largest absolute Gasteiger partial charge is 0.378 e. The summed E-state index contributed by atoms with van der Waals surface area (Å²) in [6.45, 7) is 1.81. The van der Waals surface area contributed by atoms with Gasteiger partial charge >= 0.3 is 0 Å². The second-order valence-electron chi connectivity index (χ2n) is 16.0. The zero-order valence-electron chi connectivity index (χ0n) is 33.1. The number of ether oxygens (including phenoxy) is 1. The normalized spacial score (nSPS) is 22.9. The number of halogens is 5. The average molecular weight is 843 g/mol. The molecule has 2 unspecified atom stereocenters. The summed E-state index contributed by atoms with van der Waals surface area (Å²) in [6.07, 6.45) is -1.11. The Bertz CT molecular complexity index is 2750. The third kappa shape index (κ3) is 6.54. The molecule has 15 nitrogen and oxygen atoms in total. The van der Waals surface area contributed by atoms with Crippen molar-refractivity contribution in [1.82, 2.24) is 44.1 Å². The van der Waals surface area contributed by atoms with Crippen LogP contribution in [0.4, 0.5) is 39.5 Å². The van der Waals surface area contributed by atoms with E-state index in [0.29, 0.717) is 45.7 Å². The van der Waals surface area contributed by atoms with Crippen molar-refractivity contribution < 1.29 is 36.3 Å². The van der Waals surface area contributed by atoms with E-state index < -0.39 is 60.6 Å². The molecule has 4 aliphatic rings. The Morgan fingerprint density at radius 3 is 2.51 bits per heavy atom. The maximum Gasteiger partial charge on any atom is 0.255 e. The number of carbonyl (C=O) groups excluding carboxylic acids is 2. The Labute approximate surface area is 344 Å². The number of alkyl halides is 2. The summed E-state index contributed by atoms with van der Waals surface area (Å²) in [7, 11) is 3.24. The van der Waals surface area contributed by atoms with Gasteiger partial charge in [-0.25, -0.2) is 36.6 Å². The first-order chi connectivity index (χ1) is 29.3. The predicted molar refractivity (Wildman–Crippen MR) is 213 cm³/mol. The monoisotopic (exact) mass is 842 g/mol. The van der Waals surface area contributed by atoms with Crippen molar-refractivity contribution >= 4 is 51.5 Å². The highest BCUT2D eigenvalue weighted by atomic mass is 19.3. The van der Waals surface area contributed by atoms with E-state index in [-0.39, 0.29) is 67.6 Å². The second kappa shape index (κ2) is 14.6. The van der Waals surface area contributed by atoms with Crippen molar-refractivity contribution in [2.45, 2.75) is 63.0 Å². The van der Waals surface area contributed by atoms with E-state index >= 15 is 8.78 Å². The molecule has 0 aliphatic carbocycles. The van der Waals surface area contributed by atoms with E-state index in [0.717, 1.165) is 17.0 Å². The molecule has 1 N–H and O–H groups in total. The molecule has 4 aromatic heterocycles. The van der Waals surface area contributed by atoms with Gasteiger partial charge in [-0.2, -0.15) is 15.1 Å². The molecule has 2 amide bonds. The van der Waals surface area contributed by atoms with E-state index in [1.54, 1.807) is 36.1 Å². The van der Waals surface area contributed by atoms with Crippen molar-refractivity contribution in [3.8, 4) is 16.9 Å². The SMILES string of the molecule is CO[C@H]1CN(C)C(=O)[C@@H]2CC(CN2c2nc(N3C4C[C@@H]3C(=O)N(CC(F)F)C4)nc3c2cnn3-c2ccc(F)cc2F)Nc2cccc(n2)-c2cc(F)cc3nc(C)n(c23)C1. The van der Waals surface area contributed by atoms with Gasteiger partial charge in [0.15, 0.2) is 11.5 Å². The topological polar surface area (TPSA) is 143 Å². The Balaban J connectivity index is 1.09. The molecule has 2 aromatic carbocycles. The summed E-state index contributed by atoms with van der Waals surface area (Å²) in [5, 5.41) is 8.29. The van der Waals surface area contributed by atoms with E-state index in [1.165, 1.54) is 29.1 Å². The van der Waals surface area contributed by atoms with Crippen molar-refractivity contribution in [1.29, 1.82) is 0 Å². The van der Waals surface area contributed by atoms with Crippen LogP contribution in [0.25, 0.3) is 39.0 Å². The zero-order chi connectivity index (χ0) is 42.4. The number of carbonyl (C=O) groups is 2. The lowest BCUT2D eigenvalue weighted by Gasteiger charge is -2.55. The van der Waals surface area contributed by atoms with Gasteiger partial charge in [0.1, 0.15) is 46.9 Å². The van der Waals surface area contributed by atoms with Crippen molar-refractivity contribution in [2.24, 2.45) is 0 Å². The summed E-state index contributed by atoms with van der Waals surface area (Å²) in [5.74, 6) is -1.48. The lowest BCUT2D eigenvalue weighted by atomic mass is 9.87. The molecule has 0 spiro atoms. The molecular weight excluding hydrogens is 804 g/mol. The van der Waals surface area contributed by atoms with Gasteiger partial charge in [-0.05, 0) is 50.1 Å². The fraction of sp³-hybridized carbons (Fsp3) is 0.390. The number of hydrogen-bond acceptors (Lipinski definition) is 11. The standard InChI is InChI=1S/C41H39F5N12O3/c1-20-48-30-11-22(43)9-26-29-5-4-6-35(50-29)49-23-12-32(39(59)53(2)17-25(61-3)18-55(20)36(26)30)56(15-23)37-27-14-47-58(31-8-7-21(42)10-28(31)44)38(27)52-41(51-37)57-24-13-33(57)40(60)54(16-24)19-34(45)46/h4-11,14,23-25,32-34H,12-13,15-19H2,1-3H3,(H,49,50)/t23?,24?,25-,32-,33+/m0/s1. The first kappa shape index (κ1) is 38.7. The number of nitrogens with zero attached hydrogens (tertiary/aromatic N) is 11. The van der Waals surface area contributed by atoms with E-state index in [4.69, 9.17) is 19.7 Å². The highest BCUT2D eigenvalue weighted by Gasteiger charge is 2.52. The van der Waals surface area contributed by atoms with Gasteiger partial charge in [0.2, 0.25) is 17.8 Å². The Morgan fingerprint density at radius 1 is 0.902 bits per heavy atom. The molecule has 10 rings (SSSR count). The van der Waals surface area contributed by atoms with E-state index in [9.17, 15) is 22.8 Å². The number of anilines is 3. The fourth-order valence-corrected chi connectivity index (χ4v) is 9.33. The molecule has 61 heavy (non-hydrogen) atoms. The van der Waals surface area contributed by atoms with Crippen LogP contribution >= 0.6 is 0 Å². The number of methoxy groups -OCH3 is 1. The Kier molecular flexibility index (Phi) is 9.29. The molecular formula is C41H39F5N12O3. The first-order valence-corrected chi connectivity index (χ1v) is 19.9. The van der Waals surface area contributed by atoms with Crippen molar-refractivity contribution in [3.05, 3.63) is 78.0 Å². The third-order valence-corrected chi connectivity index (χ3v) is 12.2. The minimum Gasteiger partial charge on any atom is -0.378 e. The number of pyridine rings is 1. The van der Waals surface area contributed by atoms with Gasteiger partial charge in [-0.15, -0.1) is 0 Å². The summed E-state index contributed by atoms with van der Waals surface area (Å²) in [5.41, 5.74) is 2.20. The molecule has 0 saturated carbocycles. The molecule has 6 aromatic rings. The molecule has 6 bridgehead atoms. The predicted octanol–water partition coefficient (Wildman–Crippen LogP) is 4.55. The number of rotatable bonds is 6. The third-order valence-electron chi connectivity index (χ3n) is 12.2. The number of fused-ring (bicyclic) bond motifs is 8. The highest BCUT2D eigenvalue weighted by Crippen LogP contribution is 2.41. The minimum atomic E-state index is -2.71. The zero-order valence-corrected chi connectivity index (χ0v) is 33.1. The maximum absolute atomic E-state index is 15.4. The van der Waals surface area contributed by atoms with E-state index in [1.807, 2.05) is 22.5 Å². The minimum absolute atomic E-state index is 0.0256. The number of benzene rings is 2. The number of piperazine rings is 1. The summed E-state index contributed by atoms with van der Waals surface area (Å²) < 4.78 is 80.6. The van der Waals surface area contributed by atoms with Crippen LogP contribution in [0.1, 0.15) is 18.7 Å². The fourth-order valence-electron chi connectivity index (χ4n) is 9.33. The quantitative estimate of drug-likeness (QED) is 0.236. The molecule has 316 valence electrons. The van der Waals surface area contributed by atoms with Gasteiger partial charge in [-0.3, -0.25) is 9.59 Å². The van der Waals surface area contributed by atoms with Crippen LogP contribution in [0.3, 0.4) is 0 Å². The van der Waals surface area contributed by atoms with Crippen molar-refractivity contribution in [3.63, 3.8) is 0 Å². The summed E-state index contributed by atoms with van der Waals surface area (Å²) in [6, 6.07) is 8.80. The number of amides is 2. The molecule has 20 heteroatoms. The van der Waals surface area contributed by atoms with Gasteiger partial charge in [0.25, 0.3) is 6.43 Å². The molecule has 8 heterocycles. The highest BCUT2D eigenvalue weighted by molar-refractivity contribution is 5.95. The van der Waals surface area contributed by atoms with Gasteiger partial charge < -0.3 is 34.2 Å². The van der Waals surface area contributed by atoms with Crippen LogP contribution in [-0.2, 0) is 20.9 Å². The van der Waals surface area contributed by atoms with E-state index in [2.05, 4.69) is 15.4 Å². The number of imidazole rings is 1. The number of piperidine rings is 1. The van der Waals surface area contributed by atoms with Gasteiger partial charge in [-0.1, -0.05) is 6.07 Å². The van der Waals surface area contributed by atoms with Crippen LogP contribution in [-0.4, -0.2) is 133 Å². The van der Waals surface area contributed by atoms with Gasteiger partial charge in [0.05, 0.1) is 53.5 Å². The van der Waals surface area contributed by atoms with Crippen molar-refractivity contribution in [2.75, 3.05) is 55.5 Å². The summed E-state index contributed by atoms with van der Waals surface area (Å²) >= 11 is 0. The number of hydrogen-bond donors (Lipinski definition) is 1. The average Bonchev–Trinajstić information content (AvgIpc) is 3.91. The molecule has 3 saturated heterocycles. The molecule has 0 radical (unpaired) electrons. The van der Waals surface area contributed by atoms with Gasteiger partial charge in [0, 0.05) is 57.5 Å².